The average molecular weight is 757 g/mol. The van der Waals surface area contributed by atoms with Crippen LogP contribution in [-0.2, 0) is 0 Å². The third-order valence-electron chi connectivity index (χ3n) is 11.1. The van der Waals surface area contributed by atoms with Crippen LogP contribution in [0.15, 0.2) is 227 Å². The van der Waals surface area contributed by atoms with Crippen molar-refractivity contribution in [2.75, 3.05) is 4.90 Å². The first-order chi connectivity index (χ1) is 29.2. The summed E-state index contributed by atoms with van der Waals surface area (Å²) in [4.78, 5) is 7.49. The van der Waals surface area contributed by atoms with Crippen molar-refractivity contribution in [3.05, 3.63) is 218 Å². The molecule has 0 radical (unpaired) electrons. The number of anilines is 3. The zero-order chi connectivity index (χ0) is 39.1. The largest absolute Gasteiger partial charge is 0.456 e. The highest BCUT2D eigenvalue weighted by Gasteiger charge is 2.23. The van der Waals surface area contributed by atoms with E-state index in [1.165, 1.54) is 22.3 Å². The molecule has 11 aromatic rings. The first kappa shape index (κ1) is 34.3. The highest BCUT2D eigenvalue weighted by molar-refractivity contribution is 6.19. The van der Waals surface area contributed by atoms with Gasteiger partial charge in [0.1, 0.15) is 16.7 Å². The van der Waals surface area contributed by atoms with Crippen LogP contribution in [0.5, 0.6) is 0 Å². The summed E-state index contributed by atoms with van der Waals surface area (Å²) in [6.07, 6.45) is 0. The van der Waals surface area contributed by atoms with Crippen molar-refractivity contribution in [2.45, 2.75) is 0 Å². The monoisotopic (exact) mass is 756 g/mol. The predicted octanol–water partition coefficient (Wildman–Crippen LogP) is 15.5. The van der Waals surface area contributed by atoms with Gasteiger partial charge in [0.05, 0.1) is 5.69 Å². The van der Waals surface area contributed by atoms with Gasteiger partial charge in [-0.25, -0.2) is 4.98 Å². The lowest BCUT2D eigenvalue weighted by Gasteiger charge is -2.28. The minimum atomic E-state index is 0.578. The molecule has 0 atom stereocenters. The summed E-state index contributed by atoms with van der Waals surface area (Å²) in [5.74, 6) is 0.578. The number of nitrogens with zero attached hydrogens (tertiary/aromatic N) is 2. The Balaban J connectivity index is 1.06. The summed E-state index contributed by atoms with van der Waals surface area (Å²) in [7, 11) is 0. The molecule has 4 heteroatoms. The number of para-hydroxylation sites is 2. The summed E-state index contributed by atoms with van der Waals surface area (Å²) in [6, 6.07) is 76.5. The Morgan fingerprint density at radius 3 is 1.49 bits per heavy atom. The SMILES string of the molecule is c1ccc(-c2ccc(-c3ccccc3N(c3ccc(-c4ccccc4)cc3)c3ccc(-c4c5nc(-c6ccccc6)oc5cc5oc6ccccc6c45)cc3)cc2)cc1. The second-order valence-corrected chi connectivity index (χ2v) is 14.7. The molecule has 278 valence electrons. The second kappa shape index (κ2) is 14.5. The van der Waals surface area contributed by atoms with Gasteiger partial charge in [0.15, 0.2) is 5.58 Å². The van der Waals surface area contributed by atoms with Gasteiger partial charge in [0.2, 0.25) is 5.89 Å². The fraction of sp³-hybridized carbons (Fsp3) is 0. The lowest BCUT2D eigenvalue weighted by molar-refractivity contribution is 0.617. The number of aromatic nitrogens is 1. The molecule has 0 aliphatic heterocycles. The fourth-order valence-electron chi connectivity index (χ4n) is 8.28. The molecule has 9 aromatic carbocycles. The van der Waals surface area contributed by atoms with Gasteiger partial charge < -0.3 is 13.7 Å². The maximum absolute atomic E-state index is 6.45. The van der Waals surface area contributed by atoms with Crippen molar-refractivity contribution < 1.29 is 8.83 Å². The number of rotatable bonds is 8. The van der Waals surface area contributed by atoms with Gasteiger partial charge in [-0.05, 0) is 81.9 Å². The standard InChI is InChI=1S/C55H36N2O2/c1-4-14-37(15-5-1)39-24-26-41(27-25-39)46-20-10-12-22-48(46)57(44-32-28-40(29-33-44)38-16-6-2-7-17-38)45-34-30-42(31-35-45)52-53-47-21-11-13-23-49(47)58-50(53)36-51-54(52)56-55(59-51)43-18-8-3-9-19-43/h1-36H. The molecule has 0 bridgehead atoms. The van der Waals surface area contributed by atoms with Crippen LogP contribution >= 0.6 is 0 Å². The van der Waals surface area contributed by atoms with E-state index in [0.717, 1.165) is 72.3 Å². The number of hydrogen-bond acceptors (Lipinski definition) is 4. The Morgan fingerprint density at radius 2 is 0.847 bits per heavy atom. The van der Waals surface area contributed by atoms with E-state index >= 15 is 0 Å². The number of oxazole rings is 1. The maximum atomic E-state index is 6.45. The van der Waals surface area contributed by atoms with Crippen LogP contribution in [0.25, 0.3) is 89.0 Å². The number of fused-ring (bicyclic) bond motifs is 4. The van der Waals surface area contributed by atoms with Crippen molar-refractivity contribution in [1.29, 1.82) is 0 Å². The molecule has 0 aliphatic rings. The van der Waals surface area contributed by atoms with Gasteiger partial charge in [-0.2, -0.15) is 0 Å². The van der Waals surface area contributed by atoms with Crippen LogP contribution < -0.4 is 4.90 Å². The molecule has 2 aromatic heterocycles. The van der Waals surface area contributed by atoms with E-state index in [1.807, 2.05) is 48.5 Å². The summed E-state index contributed by atoms with van der Waals surface area (Å²) < 4.78 is 12.9. The van der Waals surface area contributed by atoms with Crippen molar-refractivity contribution in [3.8, 4) is 56.0 Å². The summed E-state index contributed by atoms with van der Waals surface area (Å²) in [6.45, 7) is 0. The molecule has 0 aliphatic carbocycles. The molecule has 0 fully saturated rings. The second-order valence-electron chi connectivity index (χ2n) is 14.7. The Morgan fingerprint density at radius 1 is 0.356 bits per heavy atom. The predicted molar refractivity (Wildman–Crippen MR) is 243 cm³/mol. The van der Waals surface area contributed by atoms with Crippen molar-refractivity contribution in [1.82, 2.24) is 4.98 Å². The summed E-state index contributed by atoms with van der Waals surface area (Å²) in [5, 5.41) is 2.06. The Labute approximate surface area is 341 Å². The van der Waals surface area contributed by atoms with Crippen LogP contribution in [-0.4, -0.2) is 4.98 Å². The Hall–Kier alpha value is -7.95. The lowest BCUT2D eigenvalue weighted by atomic mass is 9.96. The molecule has 0 N–H and O–H groups in total. The Bertz CT molecular complexity index is 3220. The van der Waals surface area contributed by atoms with Crippen LogP contribution in [0, 0.1) is 0 Å². The highest BCUT2D eigenvalue weighted by Crippen LogP contribution is 2.45. The zero-order valence-corrected chi connectivity index (χ0v) is 32.0. The molecule has 4 nitrogen and oxygen atoms in total. The maximum Gasteiger partial charge on any atom is 0.227 e. The highest BCUT2D eigenvalue weighted by atomic mass is 16.4. The molecule has 0 saturated heterocycles. The van der Waals surface area contributed by atoms with Crippen molar-refractivity contribution in [2.24, 2.45) is 0 Å². The summed E-state index contributed by atoms with van der Waals surface area (Å²) >= 11 is 0. The Kier molecular flexibility index (Phi) is 8.45. The molecule has 59 heavy (non-hydrogen) atoms. The van der Waals surface area contributed by atoms with E-state index in [4.69, 9.17) is 13.8 Å². The first-order valence-corrected chi connectivity index (χ1v) is 19.9. The molecular weight excluding hydrogens is 721 g/mol. The molecule has 0 amide bonds. The molecule has 0 unspecified atom stereocenters. The first-order valence-electron chi connectivity index (χ1n) is 19.9. The van der Waals surface area contributed by atoms with Gasteiger partial charge in [-0.3, -0.25) is 0 Å². The average Bonchev–Trinajstić information content (AvgIpc) is 3.91. The molecule has 2 heterocycles. The minimum Gasteiger partial charge on any atom is -0.456 e. The van der Waals surface area contributed by atoms with Crippen LogP contribution in [0.4, 0.5) is 17.1 Å². The third-order valence-corrected chi connectivity index (χ3v) is 11.1. The lowest BCUT2D eigenvalue weighted by Crippen LogP contribution is -2.11. The normalized spacial score (nSPS) is 11.4. The van der Waals surface area contributed by atoms with Gasteiger partial charge in [0.25, 0.3) is 0 Å². The van der Waals surface area contributed by atoms with E-state index in [9.17, 15) is 0 Å². The van der Waals surface area contributed by atoms with E-state index in [0.29, 0.717) is 11.5 Å². The van der Waals surface area contributed by atoms with Gasteiger partial charge in [-0.15, -0.1) is 0 Å². The van der Waals surface area contributed by atoms with Gasteiger partial charge in [-0.1, -0.05) is 164 Å². The van der Waals surface area contributed by atoms with E-state index in [1.54, 1.807) is 0 Å². The van der Waals surface area contributed by atoms with Crippen molar-refractivity contribution >= 4 is 50.1 Å². The van der Waals surface area contributed by atoms with Crippen LogP contribution in [0.3, 0.4) is 0 Å². The van der Waals surface area contributed by atoms with E-state index in [-0.39, 0.29) is 0 Å². The number of hydrogen-bond donors (Lipinski definition) is 0. The fourth-order valence-corrected chi connectivity index (χ4v) is 8.28. The van der Waals surface area contributed by atoms with Crippen molar-refractivity contribution in [3.63, 3.8) is 0 Å². The molecule has 0 spiro atoms. The number of furan rings is 1. The summed E-state index contributed by atoms with van der Waals surface area (Å²) in [5.41, 5.74) is 16.2. The van der Waals surface area contributed by atoms with Crippen LogP contribution in [0.1, 0.15) is 0 Å². The number of benzene rings is 9. The van der Waals surface area contributed by atoms with E-state index in [2.05, 4.69) is 175 Å². The minimum absolute atomic E-state index is 0.578. The zero-order valence-electron chi connectivity index (χ0n) is 32.0. The third kappa shape index (κ3) is 6.24. The van der Waals surface area contributed by atoms with E-state index < -0.39 is 0 Å². The quantitative estimate of drug-likeness (QED) is 0.155. The molecule has 11 rings (SSSR count). The van der Waals surface area contributed by atoms with Gasteiger partial charge >= 0.3 is 0 Å². The smallest absolute Gasteiger partial charge is 0.227 e. The topological polar surface area (TPSA) is 42.4 Å². The van der Waals surface area contributed by atoms with Crippen LogP contribution in [0.2, 0.25) is 0 Å². The molecule has 0 saturated carbocycles. The molecular formula is C55H36N2O2. The van der Waals surface area contributed by atoms with Gasteiger partial charge in [0, 0.05) is 44.9 Å².